The summed E-state index contributed by atoms with van der Waals surface area (Å²) in [6.07, 6.45) is 1.08. The number of anilines is 1. The third-order valence-electron chi connectivity index (χ3n) is 3.61. The Morgan fingerprint density at radius 3 is 2.16 bits per heavy atom. The normalized spacial score (nSPS) is 12.2. The molecule has 0 aliphatic heterocycles. The van der Waals surface area contributed by atoms with Crippen molar-refractivity contribution in [2.75, 3.05) is 5.32 Å². The molecule has 2 aromatic rings. The lowest BCUT2D eigenvalue weighted by molar-refractivity contribution is 0.748. The molecule has 0 aliphatic rings. The van der Waals surface area contributed by atoms with Crippen molar-refractivity contribution >= 4 is 5.69 Å². The van der Waals surface area contributed by atoms with Gasteiger partial charge in [-0.25, -0.2) is 0 Å². The molecule has 0 saturated carbocycles. The van der Waals surface area contributed by atoms with E-state index in [0.717, 1.165) is 6.42 Å². The lowest BCUT2D eigenvalue weighted by atomic mass is 10.0. The molecule has 0 amide bonds. The second-order valence-electron chi connectivity index (χ2n) is 5.33. The van der Waals surface area contributed by atoms with Gasteiger partial charge in [0.2, 0.25) is 0 Å². The lowest BCUT2D eigenvalue weighted by Crippen LogP contribution is -2.10. The number of hydrogen-bond donors (Lipinski definition) is 1. The van der Waals surface area contributed by atoms with Crippen LogP contribution in [0.3, 0.4) is 0 Å². The second kappa shape index (κ2) is 5.92. The van der Waals surface area contributed by atoms with E-state index in [2.05, 4.69) is 75.5 Å². The molecule has 0 aliphatic carbocycles. The van der Waals surface area contributed by atoms with Crippen LogP contribution in [0.25, 0.3) is 0 Å². The standard InChI is InChI=1S/C18H23N/c1-5-17(16-10-7-13(2)8-11-16)19-18-12-14(3)6-9-15(18)4/h6-12,17,19H,5H2,1-4H3. The first kappa shape index (κ1) is 13.7. The van der Waals surface area contributed by atoms with Crippen molar-refractivity contribution in [1.29, 1.82) is 0 Å². The topological polar surface area (TPSA) is 12.0 Å². The fraction of sp³-hybridized carbons (Fsp3) is 0.333. The zero-order valence-corrected chi connectivity index (χ0v) is 12.3. The third kappa shape index (κ3) is 3.37. The molecule has 1 heteroatoms. The predicted octanol–water partition coefficient (Wildman–Crippen LogP) is 5.18. The Morgan fingerprint density at radius 2 is 1.53 bits per heavy atom. The first-order chi connectivity index (χ1) is 9.10. The first-order valence-electron chi connectivity index (χ1n) is 7.00. The van der Waals surface area contributed by atoms with Gasteiger partial charge < -0.3 is 5.32 Å². The van der Waals surface area contributed by atoms with Crippen LogP contribution in [0.15, 0.2) is 42.5 Å². The quantitative estimate of drug-likeness (QED) is 0.792. The molecule has 0 spiro atoms. The van der Waals surface area contributed by atoms with Crippen LogP contribution >= 0.6 is 0 Å². The van der Waals surface area contributed by atoms with Crippen LogP contribution in [0.1, 0.15) is 41.6 Å². The highest BCUT2D eigenvalue weighted by Crippen LogP contribution is 2.25. The van der Waals surface area contributed by atoms with E-state index in [0.29, 0.717) is 6.04 Å². The molecule has 0 fully saturated rings. The molecule has 1 unspecified atom stereocenters. The van der Waals surface area contributed by atoms with Gasteiger partial charge >= 0.3 is 0 Å². The van der Waals surface area contributed by atoms with Crippen LogP contribution in [0.4, 0.5) is 5.69 Å². The van der Waals surface area contributed by atoms with E-state index in [1.54, 1.807) is 0 Å². The number of rotatable bonds is 4. The van der Waals surface area contributed by atoms with E-state index in [1.807, 2.05) is 0 Å². The highest BCUT2D eigenvalue weighted by Gasteiger charge is 2.10. The molecule has 0 radical (unpaired) electrons. The van der Waals surface area contributed by atoms with Crippen LogP contribution in [-0.4, -0.2) is 0 Å². The Kier molecular flexibility index (Phi) is 4.26. The number of hydrogen-bond acceptors (Lipinski definition) is 1. The smallest absolute Gasteiger partial charge is 0.0511 e. The summed E-state index contributed by atoms with van der Waals surface area (Å²) in [7, 11) is 0. The Bertz CT molecular complexity index is 540. The van der Waals surface area contributed by atoms with Crippen molar-refractivity contribution in [3.63, 3.8) is 0 Å². The summed E-state index contributed by atoms with van der Waals surface area (Å²) >= 11 is 0. The van der Waals surface area contributed by atoms with Crippen molar-refractivity contribution in [2.24, 2.45) is 0 Å². The maximum absolute atomic E-state index is 3.67. The van der Waals surface area contributed by atoms with E-state index >= 15 is 0 Å². The Morgan fingerprint density at radius 1 is 0.895 bits per heavy atom. The van der Waals surface area contributed by atoms with Gasteiger partial charge in [-0.2, -0.15) is 0 Å². The van der Waals surface area contributed by atoms with Gasteiger partial charge in [-0.05, 0) is 49.9 Å². The van der Waals surface area contributed by atoms with Crippen molar-refractivity contribution in [3.8, 4) is 0 Å². The minimum atomic E-state index is 0.376. The van der Waals surface area contributed by atoms with E-state index < -0.39 is 0 Å². The van der Waals surface area contributed by atoms with Crippen molar-refractivity contribution in [3.05, 3.63) is 64.7 Å². The van der Waals surface area contributed by atoms with E-state index in [-0.39, 0.29) is 0 Å². The molecule has 0 saturated heterocycles. The summed E-state index contributed by atoms with van der Waals surface area (Å²) in [6, 6.07) is 15.8. The molecule has 19 heavy (non-hydrogen) atoms. The summed E-state index contributed by atoms with van der Waals surface area (Å²) in [5.74, 6) is 0. The van der Waals surface area contributed by atoms with Crippen LogP contribution in [-0.2, 0) is 0 Å². The van der Waals surface area contributed by atoms with Crippen LogP contribution in [0, 0.1) is 20.8 Å². The minimum Gasteiger partial charge on any atom is -0.378 e. The van der Waals surface area contributed by atoms with Crippen LogP contribution in [0.2, 0.25) is 0 Å². The van der Waals surface area contributed by atoms with Crippen LogP contribution in [0.5, 0.6) is 0 Å². The highest BCUT2D eigenvalue weighted by molar-refractivity contribution is 5.54. The van der Waals surface area contributed by atoms with Gasteiger partial charge in [-0.1, -0.05) is 48.9 Å². The minimum absolute atomic E-state index is 0.376. The first-order valence-corrected chi connectivity index (χ1v) is 7.00. The van der Waals surface area contributed by atoms with Gasteiger partial charge in [0, 0.05) is 5.69 Å². The summed E-state index contributed by atoms with van der Waals surface area (Å²) in [5, 5.41) is 3.67. The van der Waals surface area contributed by atoms with Crippen molar-refractivity contribution in [2.45, 2.75) is 40.2 Å². The lowest BCUT2D eigenvalue weighted by Gasteiger charge is -2.21. The van der Waals surface area contributed by atoms with Gasteiger partial charge in [0.15, 0.2) is 0 Å². The maximum atomic E-state index is 3.67. The molecule has 2 aromatic carbocycles. The Labute approximate surface area is 116 Å². The number of nitrogens with one attached hydrogen (secondary N) is 1. The zero-order chi connectivity index (χ0) is 13.8. The molecule has 0 aromatic heterocycles. The SMILES string of the molecule is CCC(Nc1cc(C)ccc1C)c1ccc(C)cc1. The summed E-state index contributed by atoms with van der Waals surface area (Å²) in [6.45, 7) is 8.65. The zero-order valence-electron chi connectivity index (χ0n) is 12.3. The average Bonchev–Trinajstić information content (AvgIpc) is 2.41. The van der Waals surface area contributed by atoms with Gasteiger partial charge in [0.05, 0.1) is 6.04 Å². The maximum Gasteiger partial charge on any atom is 0.0511 e. The van der Waals surface area contributed by atoms with E-state index in [4.69, 9.17) is 0 Å². The third-order valence-corrected chi connectivity index (χ3v) is 3.61. The molecular weight excluding hydrogens is 230 g/mol. The molecule has 1 N–H and O–H groups in total. The number of aryl methyl sites for hydroxylation is 3. The molecule has 2 rings (SSSR count). The highest BCUT2D eigenvalue weighted by atomic mass is 14.9. The average molecular weight is 253 g/mol. The van der Waals surface area contributed by atoms with Gasteiger partial charge in [-0.15, -0.1) is 0 Å². The summed E-state index contributed by atoms with van der Waals surface area (Å²) in [5.41, 5.74) is 6.51. The molecule has 100 valence electrons. The molecule has 0 bridgehead atoms. The molecule has 1 atom stereocenters. The van der Waals surface area contributed by atoms with Crippen LogP contribution < -0.4 is 5.32 Å². The van der Waals surface area contributed by atoms with Gasteiger partial charge in [-0.3, -0.25) is 0 Å². The number of benzene rings is 2. The predicted molar refractivity (Wildman–Crippen MR) is 83.7 cm³/mol. The second-order valence-corrected chi connectivity index (χ2v) is 5.33. The van der Waals surface area contributed by atoms with Crippen molar-refractivity contribution in [1.82, 2.24) is 0 Å². The fourth-order valence-corrected chi connectivity index (χ4v) is 2.30. The van der Waals surface area contributed by atoms with Gasteiger partial charge in [0.1, 0.15) is 0 Å². The Balaban J connectivity index is 2.23. The monoisotopic (exact) mass is 253 g/mol. The largest absolute Gasteiger partial charge is 0.378 e. The van der Waals surface area contributed by atoms with E-state index in [9.17, 15) is 0 Å². The van der Waals surface area contributed by atoms with Crippen molar-refractivity contribution < 1.29 is 0 Å². The fourth-order valence-electron chi connectivity index (χ4n) is 2.30. The summed E-state index contributed by atoms with van der Waals surface area (Å²) < 4.78 is 0. The molecule has 0 heterocycles. The summed E-state index contributed by atoms with van der Waals surface area (Å²) in [4.78, 5) is 0. The van der Waals surface area contributed by atoms with E-state index in [1.165, 1.54) is 27.9 Å². The Hall–Kier alpha value is -1.76. The van der Waals surface area contributed by atoms with Gasteiger partial charge in [0.25, 0.3) is 0 Å². The molecular formula is C18H23N. The molecule has 1 nitrogen and oxygen atoms in total.